The number of non-ortho nitro benzene ring substituents is 1. The number of hydrogen-bond acceptors (Lipinski definition) is 7. The number of nitro groups is 1. The molecule has 0 N–H and O–H groups in total. The second-order valence-electron chi connectivity index (χ2n) is 9.06. The van der Waals surface area contributed by atoms with E-state index in [-0.39, 0.29) is 47.8 Å². The summed E-state index contributed by atoms with van der Waals surface area (Å²) in [6.07, 6.45) is 6.45. The first kappa shape index (κ1) is 21.8. The molecule has 4 unspecified atom stereocenters. The Hall–Kier alpha value is -4.01. The van der Waals surface area contributed by atoms with Crippen LogP contribution in [0.5, 0.6) is 5.75 Å². The van der Waals surface area contributed by atoms with Gasteiger partial charge in [-0.2, -0.15) is 10.1 Å². The van der Waals surface area contributed by atoms with E-state index in [1.807, 2.05) is 49.3 Å². The minimum absolute atomic E-state index is 0.0135. The van der Waals surface area contributed by atoms with Gasteiger partial charge in [-0.25, -0.2) is 0 Å². The van der Waals surface area contributed by atoms with Gasteiger partial charge in [0.15, 0.2) is 0 Å². The normalized spacial score (nSPS) is 24.8. The number of benzene rings is 2. The van der Waals surface area contributed by atoms with E-state index in [4.69, 9.17) is 4.74 Å². The number of nitrogens with zero attached hydrogens (tertiary/aromatic N) is 4. The molecule has 2 bridgehead atoms. The highest BCUT2D eigenvalue weighted by Crippen LogP contribution is 2.52. The van der Waals surface area contributed by atoms with Crippen LogP contribution in [0.15, 0.2) is 59.7 Å². The van der Waals surface area contributed by atoms with E-state index in [0.29, 0.717) is 11.3 Å². The summed E-state index contributed by atoms with van der Waals surface area (Å²) in [5, 5.41) is 16.2. The number of hydrazone groups is 1. The Morgan fingerprint density at radius 1 is 1.09 bits per heavy atom. The number of amides is 2. The number of nitro benzene ring substituents is 1. The lowest BCUT2D eigenvalue weighted by Gasteiger charge is -2.16. The molecule has 1 saturated carbocycles. The van der Waals surface area contributed by atoms with Crippen molar-refractivity contribution in [3.63, 3.8) is 0 Å². The Kier molecular flexibility index (Phi) is 5.39. The summed E-state index contributed by atoms with van der Waals surface area (Å²) in [6, 6.07) is 11.7. The quantitative estimate of drug-likeness (QED) is 0.206. The molecular weight excluding hydrogens is 436 g/mol. The molecule has 9 nitrogen and oxygen atoms in total. The molecule has 2 fully saturated rings. The number of carbonyl (C=O) groups excluding carboxylic acids is 2. The number of imide groups is 1. The van der Waals surface area contributed by atoms with Gasteiger partial charge in [0.1, 0.15) is 12.4 Å². The molecule has 0 radical (unpaired) electrons. The van der Waals surface area contributed by atoms with Crippen molar-refractivity contribution >= 4 is 29.4 Å². The number of rotatable bonds is 7. The highest BCUT2D eigenvalue weighted by Gasteiger charge is 2.59. The number of ether oxygens (including phenoxy) is 1. The fourth-order valence-electron chi connectivity index (χ4n) is 5.03. The maximum absolute atomic E-state index is 12.9. The van der Waals surface area contributed by atoms with E-state index in [9.17, 15) is 19.7 Å². The van der Waals surface area contributed by atoms with Crippen molar-refractivity contribution in [3.05, 3.63) is 75.9 Å². The molecule has 0 aromatic heterocycles. The van der Waals surface area contributed by atoms with Crippen molar-refractivity contribution in [2.45, 2.75) is 13.0 Å². The van der Waals surface area contributed by atoms with Crippen LogP contribution >= 0.6 is 0 Å². The molecule has 34 heavy (non-hydrogen) atoms. The molecule has 3 aliphatic rings. The standard InChI is InChI=1S/C25H24N4O5/c1-27(2)20-10-7-18(21(12-20)34-14-15-3-8-19(9-4-15)29(32)33)13-26-28-24(30)22-16-5-6-17(11-16)23(22)25(28)31/h3-10,12-13,16-17,22-23H,11,14H2,1-2H3. The molecule has 1 aliphatic heterocycles. The Morgan fingerprint density at radius 3 is 2.32 bits per heavy atom. The van der Waals surface area contributed by atoms with Crippen molar-refractivity contribution in [2.24, 2.45) is 28.8 Å². The van der Waals surface area contributed by atoms with Gasteiger partial charge >= 0.3 is 0 Å². The number of allylic oxidation sites excluding steroid dienone is 2. The molecule has 174 valence electrons. The number of hydrogen-bond donors (Lipinski definition) is 0. The first-order valence-electron chi connectivity index (χ1n) is 11.1. The van der Waals surface area contributed by atoms with Crippen LogP contribution in [0, 0.1) is 33.8 Å². The maximum atomic E-state index is 12.9. The van der Waals surface area contributed by atoms with E-state index in [1.165, 1.54) is 18.3 Å². The van der Waals surface area contributed by atoms with Gasteiger partial charge in [-0.3, -0.25) is 19.7 Å². The van der Waals surface area contributed by atoms with E-state index in [1.54, 1.807) is 12.1 Å². The molecule has 0 spiro atoms. The topological polar surface area (TPSA) is 105 Å². The van der Waals surface area contributed by atoms with Gasteiger partial charge in [-0.1, -0.05) is 12.2 Å². The van der Waals surface area contributed by atoms with Crippen molar-refractivity contribution in [1.29, 1.82) is 0 Å². The molecule has 1 heterocycles. The summed E-state index contributed by atoms with van der Waals surface area (Å²) in [5.74, 6) is -0.280. The fourth-order valence-corrected chi connectivity index (χ4v) is 5.03. The van der Waals surface area contributed by atoms with E-state index >= 15 is 0 Å². The molecule has 2 aromatic carbocycles. The maximum Gasteiger partial charge on any atom is 0.269 e. The lowest BCUT2D eigenvalue weighted by atomic mass is 9.85. The summed E-state index contributed by atoms with van der Waals surface area (Å²) in [6.45, 7) is 0.191. The van der Waals surface area contributed by atoms with E-state index < -0.39 is 4.92 Å². The first-order chi connectivity index (χ1) is 16.3. The summed E-state index contributed by atoms with van der Waals surface area (Å²) in [5.41, 5.74) is 2.30. The van der Waals surface area contributed by atoms with Crippen LogP contribution in [-0.2, 0) is 16.2 Å². The van der Waals surface area contributed by atoms with Crippen LogP contribution in [0.4, 0.5) is 11.4 Å². The summed E-state index contributed by atoms with van der Waals surface area (Å²) in [7, 11) is 3.82. The zero-order valence-corrected chi connectivity index (χ0v) is 18.8. The average molecular weight is 460 g/mol. The van der Waals surface area contributed by atoms with Gasteiger partial charge in [0.25, 0.3) is 17.5 Å². The third-order valence-electron chi connectivity index (χ3n) is 6.81. The van der Waals surface area contributed by atoms with Gasteiger partial charge in [0.05, 0.1) is 23.0 Å². The third kappa shape index (κ3) is 3.72. The second kappa shape index (κ2) is 8.40. The SMILES string of the molecule is CN(C)c1ccc(C=NN2C(=O)C3C4C=CC(C4)C3C2=O)c(OCc2ccc([N+](=O)[O-])cc2)c1. The van der Waals surface area contributed by atoms with Crippen molar-refractivity contribution < 1.29 is 19.2 Å². The van der Waals surface area contributed by atoms with Gasteiger partial charge in [0.2, 0.25) is 0 Å². The highest BCUT2D eigenvalue weighted by atomic mass is 16.6. The molecule has 2 aromatic rings. The zero-order valence-electron chi connectivity index (χ0n) is 18.8. The van der Waals surface area contributed by atoms with Gasteiger partial charge in [-0.05, 0) is 48.1 Å². The summed E-state index contributed by atoms with van der Waals surface area (Å²) in [4.78, 5) is 38.1. The van der Waals surface area contributed by atoms with Crippen LogP contribution in [0.3, 0.4) is 0 Å². The highest BCUT2D eigenvalue weighted by molar-refractivity contribution is 6.07. The summed E-state index contributed by atoms with van der Waals surface area (Å²) >= 11 is 0. The van der Waals surface area contributed by atoms with Crippen molar-refractivity contribution in [2.75, 3.05) is 19.0 Å². The number of anilines is 1. The average Bonchev–Trinajstić information content (AvgIpc) is 3.51. The molecular formula is C25H24N4O5. The molecule has 4 atom stereocenters. The molecule has 5 rings (SSSR count). The third-order valence-corrected chi connectivity index (χ3v) is 6.81. The van der Waals surface area contributed by atoms with Crippen LogP contribution in [0.1, 0.15) is 17.5 Å². The second-order valence-corrected chi connectivity index (χ2v) is 9.06. The molecule has 2 aliphatic carbocycles. The lowest BCUT2D eigenvalue weighted by molar-refractivity contribution is -0.384. The van der Waals surface area contributed by atoms with Crippen LogP contribution in [-0.4, -0.2) is 42.1 Å². The fraction of sp³-hybridized carbons (Fsp3) is 0.320. The molecule has 2 amide bonds. The predicted molar refractivity (Wildman–Crippen MR) is 125 cm³/mol. The largest absolute Gasteiger partial charge is 0.488 e. The smallest absolute Gasteiger partial charge is 0.269 e. The van der Waals surface area contributed by atoms with Gasteiger partial charge in [-0.15, -0.1) is 0 Å². The Labute approximate surface area is 196 Å². The van der Waals surface area contributed by atoms with Gasteiger partial charge in [0, 0.05) is 43.5 Å². The number of carbonyl (C=O) groups is 2. The van der Waals surface area contributed by atoms with E-state index in [2.05, 4.69) is 5.10 Å². The number of fused-ring (bicyclic) bond motifs is 5. The Balaban J connectivity index is 1.36. The molecule has 9 heteroatoms. The summed E-state index contributed by atoms with van der Waals surface area (Å²) < 4.78 is 6.02. The van der Waals surface area contributed by atoms with Gasteiger partial charge < -0.3 is 9.64 Å². The first-order valence-corrected chi connectivity index (χ1v) is 11.1. The Bertz CT molecular complexity index is 1190. The van der Waals surface area contributed by atoms with Crippen LogP contribution in [0.25, 0.3) is 0 Å². The monoisotopic (exact) mass is 460 g/mol. The van der Waals surface area contributed by atoms with Crippen LogP contribution in [0.2, 0.25) is 0 Å². The molecule has 1 saturated heterocycles. The minimum Gasteiger partial charge on any atom is -0.488 e. The zero-order chi connectivity index (χ0) is 24.0. The predicted octanol–water partition coefficient (Wildman–Crippen LogP) is 3.38. The van der Waals surface area contributed by atoms with Crippen molar-refractivity contribution in [1.82, 2.24) is 5.01 Å². The Morgan fingerprint density at radius 2 is 1.74 bits per heavy atom. The lowest BCUT2D eigenvalue weighted by Crippen LogP contribution is -2.28. The van der Waals surface area contributed by atoms with Crippen LogP contribution < -0.4 is 9.64 Å². The van der Waals surface area contributed by atoms with Crippen molar-refractivity contribution in [3.8, 4) is 5.75 Å². The minimum atomic E-state index is -0.448. The van der Waals surface area contributed by atoms with E-state index in [0.717, 1.165) is 22.7 Å².